The molecule has 0 unspecified atom stereocenters. The van der Waals surface area contributed by atoms with Gasteiger partial charge in [0.25, 0.3) is 5.91 Å². The van der Waals surface area contributed by atoms with Gasteiger partial charge in [0.15, 0.2) is 0 Å². The van der Waals surface area contributed by atoms with E-state index in [2.05, 4.69) is 10.0 Å². The number of rotatable bonds is 7. The molecule has 196 valence electrons. The van der Waals surface area contributed by atoms with Gasteiger partial charge in [-0.3, -0.25) is 9.59 Å². The molecule has 2 amide bonds. The number of hydrogen-bond donors (Lipinski definition) is 2. The Labute approximate surface area is 219 Å². The molecule has 8 heteroatoms. The first-order chi connectivity index (χ1) is 17.6. The number of carbonyl (C=O) groups excluding carboxylic acids is 2. The van der Waals surface area contributed by atoms with E-state index in [1.165, 1.54) is 0 Å². The maximum absolute atomic E-state index is 13.6. The van der Waals surface area contributed by atoms with E-state index in [4.69, 9.17) is 0 Å². The van der Waals surface area contributed by atoms with Crippen LogP contribution in [-0.4, -0.2) is 44.3 Å². The molecular weight excluding hydrogens is 486 g/mol. The normalized spacial score (nSPS) is 20.1. The van der Waals surface area contributed by atoms with E-state index in [0.717, 1.165) is 12.0 Å². The summed E-state index contributed by atoms with van der Waals surface area (Å²) in [6, 6.07) is 17.4. The van der Waals surface area contributed by atoms with Crippen LogP contribution in [0.5, 0.6) is 0 Å². The van der Waals surface area contributed by atoms with Crippen LogP contribution in [0.15, 0.2) is 65.6 Å². The second-order valence-electron chi connectivity index (χ2n) is 10.1. The van der Waals surface area contributed by atoms with Crippen molar-refractivity contribution in [3.8, 4) is 0 Å². The minimum atomic E-state index is -3.87. The van der Waals surface area contributed by atoms with Crippen molar-refractivity contribution in [1.29, 1.82) is 0 Å². The molecule has 0 bridgehead atoms. The van der Waals surface area contributed by atoms with Gasteiger partial charge in [-0.1, -0.05) is 63.2 Å². The molecule has 0 spiro atoms. The maximum atomic E-state index is 13.6. The first-order valence-electron chi connectivity index (χ1n) is 12.8. The van der Waals surface area contributed by atoms with Gasteiger partial charge in [-0.15, -0.1) is 0 Å². The summed E-state index contributed by atoms with van der Waals surface area (Å²) in [5.41, 5.74) is 1.97. The predicted octanol–water partition coefficient (Wildman–Crippen LogP) is 4.96. The van der Waals surface area contributed by atoms with E-state index in [1.807, 2.05) is 62.9 Å². The van der Waals surface area contributed by atoms with Crippen molar-refractivity contribution in [2.24, 2.45) is 11.8 Å². The highest BCUT2D eigenvalue weighted by molar-refractivity contribution is 7.89. The summed E-state index contributed by atoms with van der Waals surface area (Å²) in [4.78, 5) is 27.4. The second kappa shape index (κ2) is 11.0. The lowest BCUT2D eigenvalue weighted by Gasteiger charge is -2.41. The summed E-state index contributed by atoms with van der Waals surface area (Å²) in [5, 5.41) is 4.13. The van der Waals surface area contributed by atoms with Crippen molar-refractivity contribution in [3.63, 3.8) is 0 Å². The van der Waals surface area contributed by atoms with Crippen molar-refractivity contribution in [3.05, 3.63) is 71.8 Å². The molecule has 3 atom stereocenters. The molecule has 0 radical (unpaired) electrons. The number of nitrogens with zero attached hydrogens (tertiary/aromatic N) is 1. The first kappa shape index (κ1) is 26.8. The number of aryl methyl sites for hydroxylation is 1. The number of hydrogen-bond acceptors (Lipinski definition) is 4. The molecule has 4 rings (SSSR count). The van der Waals surface area contributed by atoms with Crippen LogP contribution in [0.3, 0.4) is 0 Å². The van der Waals surface area contributed by atoms with Gasteiger partial charge in [0.1, 0.15) is 0 Å². The fraction of sp³-hybridized carbons (Fsp3) is 0.379. The smallest absolute Gasteiger partial charge is 0.255 e. The summed E-state index contributed by atoms with van der Waals surface area (Å²) >= 11 is 0. The highest BCUT2D eigenvalue weighted by Gasteiger charge is 2.36. The topological polar surface area (TPSA) is 95.6 Å². The summed E-state index contributed by atoms with van der Waals surface area (Å²) in [6.07, 6.45) is 1.30. The number of nitrogens with one attached hydrogen (secondary N) is 2. The van der Waals surface area contributed by atoms with Crippen molar-refractivity contribution >= 4 is 38.3 Å². The largest absolute Gasteiger partial charge is 0.342 e. The number of likely N-dealkylation sites (tertiary alicyclic amines) is 1. The standard InChI is InChI=1S/C29H35N3O4S/c1-5-10-27(33)32-17-20(3)28(21(4)18-32)31-37(35,36)26-16-15-25(23-13-8-9-14-24(23)26)30-29(34)22-12-7-6-11-19(22)2/h6-9,11-16,20-21,28,31H,5,10,17-18H2,1-4H3,(H,30,34)/t20-,21+,28-. The third kappa shape index (κ3) is 5.70. The molecule has 0 aliphatic carbocycles. The number of sulfonamides is 1. The van der Waals surface area contributed by atoms with Gasteiger partial charge in [-0.05, 0) is 48.9 Å². The van der Waals surface area contributed by atoms with Gasteiger partial charge < -0.3 is 10.2 Å². The van der Waals surface area contributed by atoms with E-state index >= 15 is 0 Å². The van der Waals surface area contributed by atoms with Crippen molar-refractivity contribution in [1.82, 2.24) is 9.62 Å². The van der Waals surface area contributed by atoms with Crippen LogP contribution >= 0.6 is 0 Å². The fourth-order valence-electron chi connectivity index (χ4n) is 5.24. The number of anilines is 1. The first-order valence-corrected chi connectivity index (χ1v) is 14.3. The third-order valence-corrected chi connectivity index (χ3v) is 8.68. The Hall–Kier alpha value is -3.23. The van der Waals surface area contributed by atoms with Crippen LogP contribution in [0, 0.1) is 18.8 Å². The van der Waals surface area contributed by atoms with E-state index < -0.39 is 10.0 Å². The van der Waals surface area contributed by atoms with Gasteiger partial charge in [0.05, 0.1) is 4.90 Å². The molecule has 0 aromatic heterocycles. The molecule has 3 aromatic carbocycles. The lowest BCUT2D eigenvalue weighted by atomic mass is 9.86. The maximum Gasteiger partial charge on any atom is 0.255 e. The molecule has 7 nitrogen and oxygen atoms in total. The monoisotopic (exact) mass is 521 g/mol. The Bertz CT molecular complexity index is 1410. The third-order valence-electron chi connectivity index (χ3n) is 7.16. The average molecular weight is 522 g/mol. The molecule has 2 N–H and O–H groups in total. The number of fused-ring (bicyclic) bond motifs is 1. The van der Waals surface area contributed by atoms with Gasteiger partial charge in [-0.2, -0.15) is 0 Å². The Morgan fingerprint density at radius 3 is 2.19 bits per heavy atom. The average Bonchev–Trinajstić information content (AvgIpc) is 2.86. The summed E-state index contributed by atoms with van der Waals surface area (Å²) < 4.78 is 30.2. The molecule has 1 aliphatic heterocycles. The van der Waals surface area contributed by atoms with Crippen molar-refractivity contribution in [2.75, 3.05) is 18.4 Å². The van der Waals surface area contributed by atoms with E-state index in [0.29, 0.717) is 41.5 Å². The SMILES string of the molecule is CCCC(=O)N1C[C@@H](C)[C@@H](NS(=O)(=O)c2ccc(NC(=O)c3ccccc3C)c3ccccc23)[C@@H](C)C1. The van der Waals surface area contributed by atoms with E-state index in [9.17, 15) is 18.0 Å². The zero-order chi connectivity index (χ0) is 26.7. The Kier molecular flexibility index (Phi) is 7.99. The molecule has 1 fully saturated rings. The molecule has 3 aromatic rings. The lowest BCUT2D eigenvalue weighted by molar-refractivity contribution is -0.134. The molecule has 1 heterocycles. The number of amides is 2. The predicted molar refractivity (Wildman–Crippen MR) is 147 cm³/mol. The van der Waals surface area contributed by atoms with Crippen LogP contribution in [0.25, 0.3) is 10.8 Å². The summed E-state index contributed by atoms with van der Waals surface area (Å²) in [6.45, 7) is 8.88. The lowest BCUT2D eigenvalue weighted by Crippen LogP contribution is -2.56. The molecule has 0 saturated carbocycles. The van der Waals surface area contributed by atoms with Gasteiger partial charge in [-0.25, -0.2) is 13.1 Å². The fourth-order valence-corrected chi connectivity index (χ4v) is 6.90. The minimum Gasteiger partial charge on any atom is -0.342 e. The Morgan fingerprint density at radius 2 is 1.54 bits per heavy atom. The highest BCUT2D eigenvalue weighted by Crippen LogP contribution is 2.31. The van der Waals surface area contributed by atoms with Gasteiger partial charge in [0.2, 0.25) is 15.9 Å². The van der Waals surface area contributed by atoms with Crippen LogP contribution < -0.4 is 10.0 Å². The highest BCUT2D eigenvalue weighted by atomic mass is 32.2. The van der Waals surface area contributed by atoms with Crippen LogP contribution in [0.1, 0.15) is 49.5 Å². The zero-order valence-electron chi connectivity index (χ0n) is 21.8. The van der Waals surface area contributed by atoms with Gasteiger partial charge >= 0.3 is 0 Å². The van der Waals surface area contributed by atoms with Crippen molar-refractivity contribution in [2.45, 2.75) is 51.5 Å². The number of piperidine rings is 1. The molecule has 1 aliphatic rings. The minimum absolute atomic E-state index is 0.0294. The van der Waals surface area contributed by atoms with Gasteiger partial charge in [0, 0.05) is 47.6 Å². The molecule has 1 saturated heterocycles. The van der Waals surface area contributed by atoms with Crippen LogP contribution in [-0.2, 0) is 14.8 Å². The van der Waals surface area contributed by atoms with Crippen molar-refractivity contribution < 1.29 is 18.0 Å². The molecular formula is C29H35N3O4S. The molecule has 37 heavy (non-hydrogen) atoms. The second-order valence-corrected chi connectivity index (χ2v) is 11.8. The van der Waals surface area contributed by atoms with Crippen LogP contribution in [0.2, 0.25) is 0 Å². The number of carbonyl (C=O) groups is 2. The number of benzene rings is 3. The summed E-state index contributed by atoms with van der Waals surface area (Å²) in [7, 11) is -3.87. The zero-order valence-corrected chi connectivity index (χ0v) is 22.6. The van der Waals surface area contributed by atoms with E-state index in [1.54, 1.807) is 30.3 Å². The quantitative estimate of drug-likeness (QED) is 0.459. The Balaban J connectivity index is 1.60. The Morgan fingerprint density at radius 1 is 0.919 bits per heavy atom. The van der Waals surface area contributed by atoms with Crippen LogP contribution in [0.4, 0.5) is 5.69 Å². The van der Waals surface area contributed by atoms with E-state index in [-0.39, 0.29) is 34.6 Å². The summed E-state index contributed by atoms with van der Waals surface area (Å²) in [5.74, 6) is -0.183.